The van der Waals surface area contributed by atoms with E-state index in [9.17, 15) is 4.79 Å². The van der Waals surface area contributed by atoms with Gasteiger partial charge in [0, 0.05) is 6.42 Å². The summed E-state index contributed by atoms with van der Waals surface area (Å²) in [5.41, 5.74) is 0.954. The molecule has 36 heavy (non-hydrogen) atoms. The Bertz CT molecular complexity index is 934. The number of unbranched alkanes of at least 4 members (excludes halogenated alkanes) is 4. The second-order valence-electron chi connectivity index (χ2n) is 8.99. The van der Waals surface area contributed by atoms with Gasteiger partial charge >= 0.3 is 6.09 Å². The maximum Gasteiger partial charge on any atom is 0.409 e. The van der Waals surface area contributed by atoms with E-state index in [4.69, 9.17) is 9.16 Å². The van der Waals surface area contributed by atoms with Crippen molar-refractivity contribution in [3.63, 3.8) is 0 Å². The van der Waals surface area contributed by atoms with Crippen LogP contribution in [0.5, 0.6) is 0 Å². The van der Waals surface area contributed by atoms with Gasteiger partial charge in [-0.1, -0.05) is 124 Å². The maximum atomic E-state index is 12.7. The normalized spacial score (nSPS) is 11.8. The third-order valence-corrected chi connectivity index (χ3v) is 8.62. The Morgan fingerprint density at radius 2 is 1.36 bits per heavy atom. The van der Waals surface area contributed by atoms with Crippen LogP contribution in [0.15, 0.2) is 91.0 Å². The second kappa shape index (κ2) is 16.7. The van der Waals surface area contributed by atoms with E-state index in [1.807, 2.05) is 66.7 Å². The minimum atomic E-state index is -2.02. The van der Waals surface area contributed by atoms with Crippen LogP contribution in [0.1, 0.15) is 51.0 Å². The van der Waals surface area contributed by atoms with Gasteiger partial charge in [0.05, 0.1) is 0 Å². The quantitative estimate of drug-likeness (QED) is 0.168. The van der Waals surface area contributed by atoms with Crippen molar-refractivity contribution in [2.45, 2.75) is 58.3 Å². The summed E-state index contributed by atoms with van der Waals surface area (Å²) >= 11 is 0. The Hall–Kier alpha value is -2.93. The van der Waals surface area contributed by atoms with E-state index < -0.39 is 21.4 Å². The molecule has 0 saturated heterocycles. The highest BCUT2D eigenvalue weighted by Crippen LogP contribution is 2.05. The van der Waals surface area contributed by atoms with Crippen LogP contribution < -0.4 is 21.0 Å². The van der Waals surface area contributed by atoms with Crippen molar-refractivity contribution in [1.82, 2.24) is 10.6 Å². The molecule has 0 fully saturated rings. The third-order valence-electron chi connectivity index (χ3n) is 6.04. The first-order valence-corrected chi connectivity index (χ1v) is 14.8. The molecule has 0 aromatic heterocycles. The predicted molar refractivity (Wildman–Crippen MR) is 150 cm³/mol. The lowest BCUT2D eigenvalue weighted by Gasteiger charge is -2.26. The molecule has 6 heteroatoms. The van der Waals surface area contributed by atoms with Gasteiger partial charge in [0.15, 0.2) is 0 Å². The number of hydrogen-bond acceptors (Lipinski definition) is 4. The predicted octanol–water partition coefficient (Wildman–Crippen LogP) is 4.74. The highest BCUT2D eigenvalue weighted by molar-refractivity contribution is 6.80. The summed E-state index contributed by atoms with van der Waals surface area (Å²) in [7, 11) is -2.02. The van der Waals surface area contributed by atoms with Gasteiger partial charge in [-0.05, 0) is 35.4 Å². The molecule has 0 aliphatic carbocycles. The molecule has 0 heterocycles. The van der Waals surface area contributed by atoms with Crippen LogP contribution in [0.25, 0.3) is 0 Å². The summed E-state index contributed by atoms with van der Waals surface area (Å²) in [5, 5.41) is 8.86. The van der Waals surface area contributed by atoms with Crippen molar-refractivity contribution in [2.75, 3.05) is 13.1 Å². The van der Waals surface area contributed by atoms with Gasteiger partial charge < -0.3 is 14.5 Å². The van der Waals surface area contributed by atoms with E-state index in [2.05, 4.69) is 41.8 Å². The average molecular weight is 505 g/mol. The smallest absolute Gasteiger partial charge is 0.409 e. The first-order valence-electron chi connectivity index (χ1n) is 13.2. The van der Waals surface area contributed by atoms with E-state index >= 15 is 0 Å². The van der Waals surface area contributed by atoms with Crippen LogP contribution >= 0.6 is 0 Å². The van der Waals surface area contributed by atoms with Crippen molar-refractivity contribution < 1.29 is 14.0 Å². The molecule has 0 aliphatic rings. The van der Waals surface area contributed by atoms with Crippen LogP contribution in [0.2, 0.25) is 0 Å². The van der Waals surface area contributed by atoms with Gasteiger partial charge in [0.1, 0.15) is 12.8 Å². The van der Waals surface area contributed by atoms with Gasteiger partial charge in [-0.25, -0.2) is 4.79 Å². The number of amides is 1. The van der Waals surface area contributed by atoms with Crippen LogP contribution in [0.3, 0.4) is 0 Å². The number of alkyl carbamates (subject to hydrolysis) is 1. The van der Waals surface area contributed by atoms with Crippen molar-refractivity contribution in [3.05, 3.63) is 96.6 Å². The summed E-state index contributed by atoms with van der Waals surface area (Å²) in [6.07, 6.45) is 6.03. The molecule has 0 spiro atoms. The van der Waals surface area contributed by atoms with Crippen LogP contribution in [0, 0.1) is 0 Å². The molecule has 192 valence electrons. The average Bonchev–Trinajstić information content (AvgIpc) is 2.93. The zero-order valence-electron chi connectivity index (χ0n) is 21.4. The molecular weight excluding hydrogens is 464 g/mol. The van der Waals surface area contributed by atoms with Gasteiger partial charge in [-0.15, -0.1) is 0 Å². The Morgan fingerprint density at radius 3 is 1.97 bits per heavy atom. The van der Waals surface area contributed by atoms with E-state index in [0.717, 1.165) is 18.7 Å². The standard InChI is InChI=1S/C30H40N2O3Si/c1-2-3-4-5-15-23-31-24-22-29(32-30(33)34-25-26-16-9-6-10-17-26)35-36(27-18-11-7-12-19-27)28-20-13-8-14-21-28/h6-14,16-21,29,31,36H,2-5,15,22-25H2,1H3,(H,32,33)/t29-/m1/s1. The fraction of sp³-hybridized carbons (Fsp3) is 0.367. The fourth-order valence-corrected chi connectivity index (χ4v) is 6.43. The van der Waals surface area contributed by atoms with Gasteiger partial charge in [-0.2, -0.15) is 0 Å². The lowest BCUT2D eigenvalue weighted by molar-refractivity contribution is 0.103. The number of hydrogen-bond donors (Lipinski definition) is 2. The molecule has 5 nitrogen and oxygen atoms in total. The van der Waals surface area contributed by atoms with Gasteiger partial charge in [0.2, 0.25) is 9.04 Å². The first kappa shape index (κ1) is 27.7. The highest BCUT2D eigenvalue weighted by Gasteiger charge is 2.24. The topological polar surface area (TPSA) is 59.6 Å². The molecule has 3 aromatic carbocycles. The van der Waals surface area contributed by atoms with Crippen molar-refractivity contribution in [1.29, 1.82) is 0 Å². The molecule has 1 amide bonds. The minimum Gasteiger partial charge on any atom is -0.445 e. The Balaban J connectivity index is 1.62. The number of ether oxygens (including phenoxy) is 1. The van der Waals surface area contributed by atoms with Crippen LogP contribution in [0.4, 0.5) is 4.79 Å². The summed E-state index contributed by atoms with van der Waals surface area (Å²) < 4.78 is 12.2. The van der Waals surface area contributed by atoms with Gasteiger partial charge in [0.25, 0.3) is 0 Å². The van der Waals surface area contributed by atoms with E-state index in [1.165, 1.54) is 42.5 Å². The largest absolute Gasteiger partial charge is 0.445 e. The summed E-state index contributed by atoms with van der Waals surface area (Å²) in [5.74, 6) is 0. The summed E-state index contributed by atoms with van der Waals surface area (Å²) in [6, 6.07) is 30.4. The molecule has 0 aliphatic heterocycles. The first-order chi connectivity index (χ1) is 17.8. The van der Waals surface area contributed by atoms with Crippen LogP contribution in [-0.4, -0.2) is 34.5 Å². The molecular formula is C30H40N2O3Si. The minimum absolute atomic E-state index is 0.230. The number of carbonyl (C=O) groups is 1. The lowest BCUT2D eigenvalue weighted by atomic mass is 10.1. The molecule has 3 aromatic rings. The fourth-order valence-electron chi connectivity index (χ4n) is 4.05. The number of rotatable bonds is 16. The van der Waals surface area contributed by atoms with Gasteiger partial charge in [-0.3, -0.25) is 5.32 Å². The lowest BCUT2D eigenvalue weighted by Crippen LogP contribution is -2.51. The maximum absolute atomic E-state index is 12.7. The molecule has 1 atom stereocenters. The molecule has 2 N–H and O–H groups in total. The third kappa shape index (κ3) is 10.4. The zero-order chi connectivity index (χ0) is 25.3. The monoisotopic (exact) mass is 504 g/mol. The number of carbonyl (C=O) groups excluding carboxylic acids is 1. The van der Waals surface area contributed by atoms with Crippen molar-refractivity contribution in [2.24, 2.45) is 0 Å². The molecule has 0 radical (unpaired) electrons. The van der Waals surface area contributed by atoms with Crippen molar-refractivity contribution in [3.8, 4) is 0 Å². The summed E-state index contributed by atoms with van der Waals surface area (Å²) in [6.45, 7) is 4.21. The van der Waals surface area contributed by atoms with E-state index in [-0.39, 0.29) is 6.61 Å². The number of nitrogens with one attached hydrogen (secondary N) is 2. The Morgan fingerprint density at radius 1 is 0.778 bits per heavy atom. The van der Waals surface area contributed by atoms with Crippen molar-refractivity contribution >= 4 is 25.5 Å². The zero-order valence-corrected chi connectivity index (χ0v) is 22.6. The second-order valence-corrected chi connectivity index (χ2v) is 11.4. The Kier molecular flexibility index (Phi) is 12.8. The SMILES string of the molecule is CCCCCCCNCC[C@H](NC(=O)OCc1ccccc1)O[SiH](c1ccccc1)c1ccccc1. The van der Waals surface area contributed by atoms with E-state index in [0.29, 0.717) is 6.42 Å². The molecule has 0 bridgehead atoms. The Labute approximate surface area is 218 Å². The highest BCUT2D eigenvalue weighted by atomic mass is 28.3. The molecule has 0 saturated carbocycles. The number of benzene rings is 3. The molecule has 0 unspecified atom stereocenters. The van der Waals surface area contributed by atoms with Crippen LogP contribution in [-0.2, 0) is 15.8 Å². The summed E-state index contributed by atoms with van der Waals surface area (Å²) in [4.78, 5) is 12.7. The van der Waals surface area contributed by atoms with E-state index in [1.54, 1.807) is 0 Å². The molecule has 3 rings (SSSR count).